The SMILES string of the molecule is CC1OCCC1(C)n1nnnc1-c1cc(N)cc(Cl)c1. The number of hydrogen-bond donors (Lipinski definition) is 1. The molecule has 6 nitrogen and oxygen atoms in total. The predicted molar refractivity (Wildman–Crippen MR) is 76.4 cm³/mol. The number of benzene rings is 1. The second-order valence-corrected chi connectivity index (χ2v) is 5.74. The highest BCUT2D eigenvalue weighted by molar-refractivity contribution is 6.31. The van der Waals surface area contributed by atoms with Crippen molar-refractivity contribution in [3.05, 3.63) is 23.2 Å². The maximum atomic E-state index is 6.06. The van der Waals surface area contributed by atoms with Gasteiger partial charge < -0.3 is 10.5 Å². The van der Waals surface area contributed by atoms with Gasteiger partial charge in [-0.1, -0.05) is 11.6 Å². The molecule has 20 heavy (non-hydrogen) atoms. The fourth-order valence-corrected chi connectivity index (χ4v) is 2.80. The second-order valence-electron chi connectivity index (χ2n) is 5.31. The first kappa shape index (κ1) is 13.3. The van der Waals surface area contributed by atoms with Crippen molar-refractivity contribution in [1.29, 1.82) is 0 Å². The summed E-state index contributed by atoms with van der Waals surface area (Å²) < 4.78 is 7.48. The van der Waals surface area contributed by atoms with Gasteiger partial charge in [0.1, 0.15) is 0 Å². The summed E-state index contributed by atoms with van der Waals surface area (Å²) in [6, 6.07) is 5.32. The molecule has 0 amide bonds. The zero-order valence-corrected chi connectivity index (χ0v) is 12.1. The Bertz CT molecular complexity index is 623. The van der Waals surface area contributed by atoms with Gasteiger partial charge in [0.2, 0.25) is 0 Å². The van der Waals surface area contributed by atoms with E-state index in [4.69, 9.17) is 22.1 Å². The molecule has 1 aromatic carbocycles. The van der Waals surface area contributed by atoms with E-state index in [0.717, 1.165) is 12.0 Å². The van der Waals surface area contributed by atoms with Crippen LogP contribution in [0.25, 0.3) is 11.4 Å². The lowest BCUT2D eigenvalue weighted by atomic mass is 9.94. The highest BCUT2D eigenvalue weighted by Gasteiger charge is 2.41. The Labute approximate surface area is 121 Å². The normalized spacial score (nSPS) is 26.1. The van der Waals surface area contributed by atoms with Gasteiger partial charge in [-0.3, -0.25) is 0 Å². The van der Waals surface area contributed by atoms with E-state index in [2.05, 4.69) is 22.4 Å². The predicted octanol–water partition coefficient (Wildman–Crippen LogP) is 2.10. The van der Waals surface area contributed by atoms with Crippen molar-refractivity contribution in [3.8, 4) is 11.4 Å². The van der Waals surface area contributed by atoms with E-state index in [-0.39, 0.29) is 11.6 Å². The quantitative estimate of drug-likeness (QED) is 0.858. The summed E-state index contributed by atoms with van der Waals surface area (Å²) in [5.41, 5.74) is 6.97. The van der Waals surface area contributed by atoms with Crippen molar-refractivity contribution >= 4 is 17.3 Å². The van der Waals surface area contributed by atoms with Crippen LogP contribution in [0.1, 0.15) is 20.3 Å². The molecule has 1 fully saturated rings. The number of hydrogen-bond acceptors (Lipinski definition) is 5. The molecule has 1 aliphatic heterocycles. The minimum Gasteiger partial charge on any atom is -0.399 e. The molecule has 1 aromatic heterocycles. The molecule has 2 N–H and O–H groups in total. The summed E-state index contributed by atoms with van der Waals surface area (Å²) in [6.45, 7) is 4.83. The molecule has 2 unspecified atom stereocenters. The number of halogens is 1. The Morgan fingerprint density at radius 2 is 2.25 bits per heavy atom. The molecule has 0 radical (unpaired) electrons. The summed E-state index contributed by atoms with van der Waals surface area (Å²) in [5, 5.41) is 12.6. The highest BCUT2D eigenvalue weighted by atomic mass is 35.5. The average Bonchev–Trinajstić information content (AvgIpc) is 2.97. The van der Waals surface area contributed by atoms with Gasteiger partial charge in [0.15, 0.2) is 5.82 Å². The average molecular weight is 294 g/mol. The van der Waals surface area contributed by atoms with Gasteiger partial charge in [-0.2, -0.15) is 0 Å². The van der Waals surface area contributed by atoms with Gasteiger partial charge in [-0.05, 0) is 48.9 Å². The molecule has 1 saturated heterocycles. The summed E-state index contributed by atoms with van der Waals surface area (Å²) in [7, 11) is 0. The Kier molecular flexibility index (Phi) is 3.14. The third-order valence-electron chi connectivity index (χ3n) is 3.98. The topological polar surface area (TPSA) is 78.8 Å². The van der Waals surface area contributed by atoms with E-state index >= 15 is 0 Å². The number of anilines is 1. The van der Waals surface area contributed by atoms with Crippen LogP contribution in [0.4, 0.5) is 5.69 Å². The largest absolute Gasteiger partial charge is 0.399 e. The van der Waals surface area contributed by atoms with Crippen molar-refractivity contribution in [2.24, 2.45) is 0 Å². The fraction of sp³-hybridized carbons (Fsp3) is 0.462. The molecule has 0 bridgehead atoms. The molecule has 1 aliphatic rings. The first-order valence-electron chi connectivity index (χ1n) is 6.47. The zero-order chi connectivity index (χ0) is 14.3. The van der Waals surface area contributed by atoms with Crippen molar-refractivity contribution < 1.29 is 4.74 Å². The zero-order valence-electron chi connectivity index (χ0n) is 11.4. The molecule has 0 spiro atoms. The lowest BCUT2D eigenvalue weighted by Crippen LogP contribution is -2.38. The van der Waals surface area contributed by atoms with Crippen LogP contribution in [-0.4, -0.2) is 32.9 Å². The molecule has 0 saturated carbocycles. The van der Waals surface area contributed by atoms with Crippen LogP contribution < -0.4 is 5.73 Å². The van der Waals surface area contributed by atoms with Crippen LogP contribution in [0, 0.1) is 0 Å². The molecule has 2 aromatic rings. The van der Waals surface area contributed by atoms with E-state index in [9.17, 15) is 0 Å². The minimum absolute atomic E-state index is 0.0429. The Morgan fingerprint density at radius 1 is 1.45 bits per heavy atom. The van der Waals surface area contributed by atoms with Gasteiger partial charge in [0.05, 0.1) is 11.6 Å². The van der Waals surface area contributed by atoms with Crippen molar-refractivity contribution in [2.45, 2.75) is 31.9 Å². The maximum absolute atomic E-state index is 6.06. The summed E-state index contributed by atoms with van der Waals surface area (Å²) in [4.78, 5) is 0. The Morgan fingerprint density at radius 3 is 2.90 bits per heavy atom. The summed E-state index contributed by atoms with van der Waals surface area (Å²) in [5.74, 6) is 0.652. The van der Waals surface area contributed by atoms with Crippen LogP contribution in [0.15, 0.2) is 18.2 Å². The first-order valence-corrected chi connectivity index (χ1v) is 6.85. The number of rotatable bonds is 2. The van der Waals surface area contributed by atoms with Gasteiger partial charge in [0.25, 0.3) is 0 Å². The number of nitrogens with zero attached hydrogens (tertiary/aromatic N) is 4. The van der Waals surface area contributed by atoms with Gasteiger partial charge in [0, 0.05) is 22.9 Å². The van der Waals surface area contributed by atoms with Crippen molar-refractivity contribution in [1.82, 2.24) is 20.2 Å². The fourth-order valence-electron chi connectivity index (χ4n) is 2.56. The lowest BCUT2D eigenvalue weighted by Gasteiger charge is -2.28. The van der Waals surface area contributed by atoms with E-state index < -0.39 is 0 Å². The van der Waals surface area contributed by atoms with Crippen molar-refractivity contribution in [2.75, 3.05) is 12.3 Å². The van der Waals surface area contributed by atoms with Crippen LogP contribution in [0.3, 0.4) is 0 Å². The van der Waals surface area contributed by atoms with Gasteiger partial charge in [-0.25, -0.2) is 4.68 Å². The van der Waals surface area contributed by atoms with E-state index in [1.807, 2.05) is 23.7 Å². The number of aromatic nitrogens is 4. The second kappa shape index (κ2) is 4.71. The molecular weight excluding hydrogens is 278 g/mol. The third kappa shape index (κ3) is 2.05. The standard InChI is InChI=1S/C13H16ClN5O/c1-8-13(2,3-4-20-8)19-12(16-17-18-19)9-5-10(14)7-11(15)6-9/h5-8H,3-4,15H2,1-2H3. The van der Waals surface area contributed by atoms with Crippen LogP contribution in [0.2, 0.25) is 5.02 Å². The van der Waals surface area contributed by atoms with E-state index in [1.165, 1.54) is 0 Å². The summed E-state index contributed by atoms with van der Waals surface area (Å²) in [6.07, 6.45) is 0.906. The lowest BCUT2D eigenvalue weighted by molar-refractivity contribution is 0.0706. The molecule has 106 valence electrons. The molecular formula is C13H16ClN5O. The van der Waals surface area contributed by atoms with E-state index in [0.29, 0.717) is 23.1 Å². The Hall–Kier alpha value is -1.66. The molecule has 2 heterocycles. The molecule has 7 heteroatoms. The summed E-state index contributed by atoms with van der Waals surface area (Å²) >= 11 is 6.06. The number of nitrogen functional groups attached to an aromatic ring is 1. The monoisotopic (exact) mass is 293 g/mol. The highest BCUT2D eigenvalue weighted by Crippen LogP contribution is 2.35. The van der Waals surface area contributed by atoms with Gasteiger partial charge in [-0.15, -0.1) is 5.10 Å². The van der Waals surface area contributed by atoms with Crippen molar-refractivity contribution in [3.63, 3.8) is 0 Å². The molecule has 2 atom stereocenters. The third-order valence-corrected chi connectivity index (χ3v) is 4.20. The Balaban J connectivity index is 2.10. The van der Waals surface area contributed by atoms with Crippen LogP contribution in [0.5, 0.6) is 0 Å². The van der Waals surface area contributed by atoms with Gasteiger partial charge >= 0.3 is 0 Å². The molecule has 0 aliphatic carbocycles. The number of ether oxygens (including phenoxy) is 1. The first-order chi connectivity index (χ1) is 9.50. The van der Waals surface area contributed by atoms with E-state index in [1.54, 1.807) is 6.07 Å². The number of tetrazole rings is 1. The maximum Gasteiger partial charge on any atom is 0.182 e. The smallest absolute Gasteiger partial charge is 0.182 e. The minimum atomic E-state index is -0.268. The van der Waals surface area contributed by atoms with Crippen LogP contribution in [-0.2, 0) is 10.3 Å². The van der Waals surface area contributed by atoms with Crippen LogP contribution >= 0.6 is 11.6 Å². The number of nitrogens with two attached hydrogens (primary N) is 1. The molecule has 3 rings (SSSR count).